The number of benzene rings is 1. The first-order valence-corrected chi connectivity index (χ1v) is 5.80. The lowest BCUT2D eigenvalue weighted by Gasteiger charge is -2.25. The van der Waals surface area contributed by atoms with Gasteiger partial charge in [-0.2, -0.15) is 0 Å². The second-order valence-electron chi connectivity index (χ2n) is 4.50. The Kier molecular flexibility index (Phi) is 4.63. The van der Waals surface area contributed by atoms with E-state index in [2.05, 4.69) is 5.32 Å². The molecule has 3 N–H and O–H groups in total. The molecule has 0 unspecified atom stereocenters. The number of hydrogen-bond acceptors (Lipinski definition) is 4. The minimum absolute atomic E-state index is 0.207. The molecule has 0 bridgehead atoms. The molecular weight excluding hydrogens is 216 g/mol. The van der Waals surface area contributed by atoms with Crippen molar-refractivity contribution in [3.63, 3.8) is 0 Å². The van der Waals surface area contributed by atoms with Gasteiger partial charge in [0.15, 0.2) is 0 Å². The van der Waals surface area contributed by atoms with Crippen LogP contribution in [0.2, 0.25) is 0 Å². The molecule has 0 amide bonds. The van der Waals surface area contributed by atoms with Gasteiger partial charge in [0.25, 0.3) is 0 Å². The molecule has 0 atom stereocenters. The highest BCUT2D eigenvalue weighted by atomic mass is 16.5. The van der Waals surface area contributed by atoms with E-state index in [1.165, 1.54) is 0 Å². The molecule has 96 valence electrons. The highest BCUT2D eigenvalue weighted by Gasteiger charge is 2.17. The normalized spacial score (nSPS) is 11.3. The Hall–Kier alpha value is -1.42. The molecule has 0 aliphatic carbocycles. The molecule has 1 aromatic carbocycles. The third-order valence-electron chi connectivity index (χ3n) is 2.50. The van der Waals surface area contributed by atoms with E-state index in [-0.39, 0.29) is 5.60 Å². The van der Waals surface area contributed by atoms with Gasteiger partial charge in [0, 0.05) is 19.2 Å². The predicted octanol–water partition coefficient (Wildman–Crippen LogP) is 2.50. The molecule has 0 heterocycles. The van der Waals surface area contributed by atoms with E-state index in [0.29, 0.717) is 18.8 Å². The van der Waals surface area contributed by atoms with Gasteiger partial charge < -0.3 is 20.5 Å². The van der Waals surface area contributed by atoms with Gasteiger partial charge in [-0.1, -0.05) is 0 Å². The summed E-state index contributed by atoms with van der Waals surface area (Å²) in [5.74, 6) is 0.761. The first-order valence-electron chi connectivity index (χ1n) is 5.80. The maximum atomic E-state index is 5.92. The summed E-state index contributed by atoms with van der Waals surface area (Å²) in [6, 6.07) is 5.60. The average Bonchev–Trinajstić information content (AvgIpc) is 2.27. The standard InChI is InChI=1S/C13H22N2O2/c1-5-17-13(2,3)9-15-12-7-6-10(16-4)8-11(12)14/h6-8,15H,5,9,14H2,1-4H3. The lowest BCUT2D eigenvalue weighted by atomic mass is 10.1. The van der Waals surface area contributed by atoms with E-state index in [0.717, 1.165) is 11.4 Å². The second kappa shape index (κ2) is 5.77. The number of rotatable bonds is 6. The highest BCUT2D eigenvalue weighted by molar-refractivity contribution is 5.68. The Morgan fingerprint density at radius 3 is 2.59 bits per heavy atom. The summed E-state index contributed by atoms with van der Waals surface area (Å²) in [4.78, 5) is 0. The maximum absolute atomic E-state index is 5.92. The Morgan fingerprint density at radius 1 is 1.35 bits per heavy atom. The largest absolute Gasteiger partial charge is 0.497 e. The van der Waals surface area contributed by atoms with Crippen LogP contribution in [0.5, 0.6) is 5.75 Å². The van der Waals surface area contributed by atoms with Crippen molar-refractivity contribution in [2.75, 3.05) is 31.3 Å². The SMILES string of the molecule is CCOC(C)(C)CNc1ccc(OC)cc1N. The van der Waals surface area contributed by atoms with Crippen LogP contribution in [0.4, 0.5) is 11.4 Å². The Bertz CT molecular complexity index is 364. The van der Waals surface area contributed by atoms with Gasteiger partial charge in [0.2, 0.25) is 0 Å². The van der Waals surface area contributed by atoms with Crippen molar-refractivity contribution in [3.8, 4) is 5.75 Å². The number of ether oxygens (including phenoxy) is 2. The average molecular weight is 238 g/mol. The second-order valence-corrected chi connectivity index (χ2v) is 4.50. The molecule has 0 aromatic heterocycles. The van der Waals surface area contributed by atoms with Crippen LogP contribution in [-0.2, 0) is 4.74 Å². The smallest absolute Gasteiger partial charge is 0.121 e. The Labute approximate surface area is 103 Å². The summed E-state index contributed by atoms with van der Waals surface area (Å²) in [5.41, 5.74) is 7.29. The molecule has 4 nitrogen and oxygen atoms in total. The monoisotopic (exact) mass is 238 g/mol. The summed E-state index contributed by atoms with van der Waals surface area (Å²) >= 11 is 0. The third kappa shape index (κ3) is 4.15. The molecule has 1 rings (SSSR count). The molecule has 4 heteroatoms. The molecule has 0 saturated heterocycles. The van der Waals surface area contributed by atoms with Gasteiger partial charge in [-0.05, 0) is 32.9 Å². The van der Waals surface area contributed by atoms with E-state index in [4.69, 9.17) is 15.2 Å². The number of nitrogens with one attached hydrogen (secondary N) is 1. The Balaban J connectivity index is 2.63. The van der Waals surface area contributed by atoms with E-state index < -0.39 is 0 Å². The molecule has 1 aromatic rings. The number of anilines is 2. The minimum atomic E-state index is -0.207. The van der Waals surface area contributed by atoms with Gasteiger partial charge in [-0.15, -0.1) is 0 Å². The van der Waals surface area contributed by atoms with E-state index in [1.807, 2.05) is 32.9 Å². The molecular formula is C13H22N2O2. The van der Waals surface area contributed by atoms with Crippen molar-refractivity contribution in [2.24, 2.45) is 0 Å². The molecule has 0 aliphatic heterocycles. The lowest BCUT2D eigenvalue weighted by molar-refractivity contribution is 0.000710. The zero-order valence-corrected chi connectivity index (χ0v) is 11.0. The van der Waals surface area contributed by atoms with Crippen molar-refractivity contribution in [1.29, 1.82) is 0 Å². The zero-order chi connectivity index (χ0) is 12.9. The molecule has 17 heavy (non-hydrogen) atoms. The van der Waals surface area contributed by atoms with Gasteiger partial charge >= 0.3 is 0 Å². The van der Waals surface area contributed by atoms with Crippen LogP contribution in [0.1, 0.15) is 20.8 Å². The summed E-state index contributed by atoms with van der Waals surface area (Å²) in [5, 5.41) is 3.28. The van der Waals surface area contributed by atoms with Gasteiger partial charge in [-0.25, -0.2) is 0 Å². The first-order chi connectivity index (χ1) is 7.98. The number of methoxy groups -OCH3 is 1. The first kappa shape index (κ1) is 13.6. The fraction of sp³-hybridized carbons (Fsp3) is 0.538. The van der Waals surface area contributed by atoms with Crippen LogP contribution >= 0.6 is 0 Å². The number of nitrogens with two attached hydrogens (primary N) is 1. The fourth-order valence-electron chi connectivity index (χ4n) is 1.58. The molecule has 0 saturated carbocycles. The van der Waals surface area contributed by atoms with Crippen LogP contribution in [0, 0.1) is 0 Å². The van der Waals surface area contributed by atoms with Gasteiger partial charge in [0.05, 0.1) is 24.1 Å². The third-order valence-corrected chi connectivity index (χ3v) is 2.50. The van der Waals surface area contributed by atoms with Crippen LogP contribution in [0.3, 0.4) is 0 Å². The molecule has 0 radical (unpaired) electrons. The molecule has 0 aliphatic rings. The summed E-state index contributed by atoms with van der Waals surface area (Å²) < 4.78 is 10.7. The zero-order valence-electron chi connectivity index (χ0n) is 11.0. The quantitative estimate of drug-likeness (QED) is 0.748. The van der Waals surface area contributed by atoms with E-state index in [1.54, 1.807) is 13.2 Å². The van der Waals surface area contributed by atoms with E-state index >= 15 is 0 Å². The van der Waals surface area contributed by atoms with Crippen LogP contribution in [-0.4, -0.2) is 25.9 Å². The Morgan fingerprint density at radius 2 is 2.06 bits per heavy atom. The topological polar surface area (TPSA) is 56.5 Å². The predicted molar refractivity (Wildman–Crippen MR) is 71.6 cm³/mol. The van der Waals surface area contributed by atoms with Crippen molar-refractivity contribution in [2.45, 2.75) is 26.4 Å². The molecule has 0 spiro atoms. The summed E-state index contributed by atoms with van der Waals surface area (Å²) in [6.07, 6.45) is 0. The van der Waals surface area contributed by atoms with Crippen LogP contribution in [0.15, 0.2) is 18.2 Å². The minimum Gasteiger partial charge on any atom is -0.497 e. The van der Waals surface area contributed by atoms with Crippen molar-refractivity contribution in [3.05, 3.63) is 18.2 Å². The highest BCUT2D eigenvalue weighted by Crippen LogP contribution is 2.24. The van der Waals surface area contributed by atoms with Crippen LogP contribution in [0.25, 0.3) is 0 Å². The van der Waals surface area contributed by atoms with Crippen molar-refractivity contribution >= 4 is 11.4 Å². The van der Waals surface area contributed by atoms with Crippen molar-refractivity contribution < 1.29 is 9.47 Å². The number of nitrogen functional groups attached to an aromatic ring is 1. The maximum Gasteiger partial charge on any atom is 0.121 e. The fourth-order valence-corrected chi connectivity index (χ4v) is 1.58. The molecule has 0 fully saturated rings. The van der Waals surface area contributed by atoms with Gasteiger partial charge in [-0.3, -0.25) is 0 Å². The van der Waals surface area contributed by atoms with Gasteiger partial charge in [0.1, 0.15) is 5.75 Å². The number of hydrogen-bond donors (Lipinski definition) is 2. The summed E-state index contributed by atoms with van der Waals surface area (Å²) in [6.45, 7) is 7.49. The van der Waals surface area contributed by atoms with Crippen LogP contribution < -0.4 is 15.8 Å². The summed E-state index contributed by atoms with van der Waals surface area (Å²) in [7, 11) is 1.63. The van der Waals surface area contributed by atoms with E-state index in [9.17, 15) is 0 Å². The van der Waals surface area contributed by atoms with Crippen molar-refractivity contribution in [1.82, 2.24) is 0 Å². The lowest BCUT2D eigenvalue weighted by Crippen LogP contribution is -2.33.